The highest BCUT2D eigenvalue weighted by Gasteiger charge is 2.24. The van der Waals surface area contributed by atoms with Crippen LogP contribution in [-0.4, -0.2) is 66.1 Å². The third-order valence-corrected chi connectivity index (χ3v) is 2.37. The van der Waals surface area contributed by atoms with Crippen molar-refractivity contribution in [2.45, 2.75) is 32.4 Å². The summed E-state index contributed by atoms with van der Waals surface area (Å²) in [5.74, 6) is -1.14. The van der Waals surface area contributed by atoms with E-state index in [1.54, 1.807) is 0 Å². The molecule has 0 aromatic carbocycles. The minimum atomic E-state index is -1.14. The Bertz CT molecular complexity index is 270. The maximum Gasteiger partial charge on any atom is 0.328 e. The summed E-state index contributed by atoms with van der Waals surface area (Å²) in [6.45, 7) is 3.91. The van der Waals surface area contributed by atoms with Gasteiger partial charge in [-0.3, -0.25) is 0 Å². The first-order chi connectivity index (χ1) is 8.43. The molecule has 0 saturated carbocycles. The Morgan fingerprint density at radius 2 is 2.00 bits per heavy atom. The SMILES string of the molecule is COCC(NC(=O)N(CCCO)C(C)C)C(=O)O. The first-order valence-corrected chi connectivity index (χ1v) is 5.83. The second-order valence-corrected chi connectivity index (χ2v) is 4.16. The maximum absolute atomic E-state index is 11.9. The first-order valence-electron chi connectivity index (χ1n) is 5.83. The Kier molecular flexibility index (Phi) is 8.06. The molecule has 0 aromatic heterocycles. The van der Waals surface area contributed by atoms with Gasteiger partial charge in [0.25, 0.3) is 0 Å². The monoisotopic (exact) mass is 262 g/mol. The summed E-state index contributed by atoms with van der Waals surface area (Å²) < 4.78 is 4.73. The van der Waals surface area contributed by atoms with Gasteiger partial charge in [-0.15, -0.1) is 0 Å². The van der Waals surface area contributed by atoms with E-state index >= 15 is 0 Å². The van der Waals surface area contributed by atoms with E-state index in [9.17, 15) is 9.59 Å². The molecule has 0 spiro atoms. The zero-order valence-corrected chi connectivity index (χ0v) is 11.0. The number of nitrogens with one attached hydrogen (secondary N) is 1. The summed E-state index contributed by atoms with van der Waals surface area (Å²) >= 11 is 0. The van der Waals surface area contributed by atoms with Crippen LogP contribution in [0.4, 0.5) is 4.79 Å². The van der Waals surface area contributed by atoms with Gasteiger partial charge < -0.3 is 25.2 Å². The highest BCUT2D eigenvalue weighted by Crippen LogP contribution is 2.01. The molecule has 0 aromatic rings. The normalized spacial score (nSPS) is 12.3. The average Bonchev–Trinajstić information content (AvgIpc) is 2.28. The molecule has 3 N–H and O–H groups in total. The van der Waals surface area contributed by atoms with Crippen molar-refractivity contribution in [2.24, 2.45) is 0 Å². The predicted octanol–water partition coefficient (Wildman–Crippen LogP) is -0.112. The summed E-state index contributed by atoms with van der Waals surface area (Å²) in [5.41, 5.74) is 0. The number of amides is 2. The quantitative estimate of drug-likeness (QED) is 0.567. The topological polar surface area (TPSA) is 99.1 Å². The molecule has 0 saturated heterocycles. The highest BCUT2D eigenvalue weighted by atomic mass is 16.5. The van der Waals surface area contributed by atoms with Crippen LogP contribution in [0.2, 0.25) is 0 Å². The molecule has 1 atom stereocenters. The van der Waals surface area contributed by atoms with Crippen molar-refractivity contribution < 1.29 is 24.5 Å². The smallest absolute Gasteiger partial charge is 0.328 e. The minimum absolute atomic E-state index is 0.0169. The van der Waals surface area contributed by atoms with Crippen molar-refractivity contribution in [2.75, 3.05) is 26.9 Å². The number of carboxylic acid groups (broad SMARTS) is 1. The summed E-state index contributed by atoms with van der Waals surface area (Å²) in [6, 6.07) is -1.62. The van der Waals surface area contributed by atoms with Crippen LogP contribution in [-0.2, 0) is 9.53 Å². The lowest BCUT2D eigenvalue weighted by atomic mass is 10.3. The van der Waals surface area contributed by atoms with Gasteiger partial charge in [0.1, 0.15) is 0 Å². The molecule has 7 nitrogen and oxygen atoms in total. The number of urea groups is 1. The van der Waals surface area contributed by atoms with Crippen LogP contribution in [0.5, 0.6) is 0 Å². The fourth-order valence-corrected chi connectivity index (χ4v) is 1.41. The van der Waals surface area contributed by atoms with E-state index in [2.05, 4.69) is 5.32 Å². The Morgan fingerprint density at radius 3 is 2.39 bits per heavy atom. The second kappa shape index (κ2) is 8.71. The molecule has 2 amide bonds. The maximum atomic E-state index is 11.9. The van der Waals surface area contributed by atoms with Crippen molar-refractivity contribution in [3.8, 4) is 0 Å². The average molecular weight is 262 g/mol. The van der Waals surface area contributed by atoms with Crippen LogP contribution in [0.15, 0.2) is 0 Å². The fourth-order valence-electron chi connectivity index (χ4n) is 1.41. The number of rotatable bonds is 8. The van der Waals surface area contributed by atoms with Crippen molar-refractivity contribution in [3.05, 3.63) is 0 Å². The molecule has 1 unspecified atom stereocenters. The molecule has 7 heteroatoms. The molecule has 0 rings (SSSR count). The van der Waals surface area contributed by atoms with Gasteiger partial charge in [-0.25, -0.2) is 9.59 Å². The Labute approximate surface area is 107 Å². The zero-order chi connectivity index (χ0) is 14.1. The van der Waals surface area contributed by atoms with Crippen LogP contribution in [0.3, 0.4) is 0 Å². The van der Waals surface area contributed by atoms with E-state index < -0.39 is 18.0 Å². The summed E-state index contributed by atoms with van der Waals surface area (Å²) in [7, 11) is 1.37. The lowest BCUT2D eigenvalue weighted by Gasteiger charge is -2.28. The van der Waals surface area contributed by atoms with Gasteiger partial charge >= 0.3 is 12.0 Å². The minimum Gasteiger partial charge on any atom is -0.480 e. The second-order valence-electron chi connectivity index (χ2n) is 4.16. The molecule has 0 heterocycles. The van der Waals surface area contributed by atoms with E-state index in [1.165, 1.54) is 12.0 Å². The van der Waals surface area contributed by atoms with Gasteiger partial charge in [0.2, 0.25) is 0 Å². The zero-order valence-electron chi connectivity index (χ0n) is 11.0. The molecule has 0 aliphatic carbocycles. The lowest BCUT2D eigenvalue weighted by molar-refractivity contribution is -0.140. The van der Waals surface area contributed by atoms with Gasteiger partial charge in [0.15, 0.2) is 6.04 Å². The van der Waals surface area contributed by atoms with Gasteiger partial charge in [-0.1, -0.05) is 0 Å². The number of nitrogens with zero attached hydrogens (tertiary/aromatic N) is 1. The highest BCUT2D eigenvalue weighted by molar-refractivity contribution is 5.82. The summed E-state index contributed by atoms with van der Waals surface area (Å²) in [4.78, 5) is 24.2. The van der Waals surface area contributed by atoms with Crippen LogP contribution >= 0.6 is 0 Å². The number of aliphatic carboxylic acids is 1. The molecule has 106 valence electrons. The van der Waals surface area contributed by atoms with E-state index in [4.69, 9.17) is 14.9 Å². The molecule has 0 radical (unpaired) electrons. The number of aliphatic hydroxyl groups is 1. The van der Waals surface area contributed by atoms with E-state index in [-0.39, 0.29) is 19.3 Å². The number of hydrogen-bond acceptors (Lipinski definition) is 4. The van der Waals surface area contributed by atoms with Crippen molar-refractivity contribution >= 4 is 12.0 Å². The summed E-state index contributed by atoms with van der Waals surface area (Å²) in [6.07, 6.45) is 0.452. The Balaban J connectivity index is 4.51. The number of methoxy groups -OCH3 is 1. The molecule has 18 heavy (non-hydrogen) atoms. The van der Waals surface area contributed by atoms with Crippen LogP contribution in [0.1, 0.15) is 20.3 Å². The van der Waals surface area contributed by atoms with Crippen LogP contribution in [0, 0.1) is 0 Å². The molecule has 0 fully saturated rings. The number of hydrogen-bond donors (Lipinski definition) is 3. The van der Waals surface area contributed by atoms with Gasteiger partial charge in [-0.2, -0.15) is 0 Å². The predicted molar refractivity (Wildman–Crippen MR) is 65.4 cm³/mol. The number of ether oxygens (including phenoxy) is 1. The molecule has 0 bridgehead atoms. The molecule has 0 aliphatic heterocycles. The van der Waals surface area contributed by atoms with Crippen molar-refractivity contribution in [1.82, 2.24) is 10.2 Å². The van der Waals surface area contributed by atoms with Crippen molar-refractivity contribution in [3.63, 3.8) is 0 Å². The fraction of sp³-hybridized carbons (Fsp3) is 0.818. The summed E-state index contributed by atoms with van der Waals surface area (Å²) in [5, 5.41) is 20.0. The van der Waals surface area contributed by atoms with E-state index in [1.807, 2.05) is 13.8 Å². The van der Waals surface area contributed by atoms with E-state index in [0.717, 1.165) is 0 Å². The van der Waals surface area contributed by atoms with Crippen LogP contribution < -0.4 is 5.32 Å². The molecular weight excluding hydrogens is 240 g/mol. The molecular formula is C11H22N2O5. The third kappa shape index (κ3) is 5.83. The lowest BCUT2D eigenvalue weighted by Crippen LogP contribution is -2.52. The number of carbonyl (C=O) groups is 2. The standard InChI is InChI=1S/C11H22N2O5/c1-8(2)13(5-4-6-14)11(17)12-9(7-18-3)10(15)16/h8-9,14H,4-7H2,1-3H3,(H,12,17)(H,15,16). The number of aliphatic hydroxyl groups excluding tert-OH is 1. The van der Waals surface area contributed by atoms with Gasteiger partial charge in [0, 0.05) is 26.3 Å². The van der Waals surface area contributed by atoms with Crippen molar-refractivity contribution in [1.29, 1.82) is 0 Å². The van der Waals surface area contributed by atoms with Gasteiger partial charge in [0.05, 0.1) is 6.61 Å². The third-order valence-electron chi connectivity index (χ3n) is 2.37. The Hall–Kier alpha value is -1.34. The number of carboxylic acids is 1. The number of carbonyl (C=O) groups excluding carboxylic acids is 1. The molecule has 0 aliphatic rings. The Morgan fingerprint density at radius 1 is 1.39 bits per heavy atom. The largest absolute Gasteiger partial charge is 0.480 e. The first kappa shape index (κ1) is 16.7. The van der Waals surface area contributed by atoms with Crippen LogP contribution in [0.25, 0.3) is 0 Å². The van der Waals surface area contributed by atoms with E-state index in [0.29, 0.717) is 13.0 Å². The van der Waals surface area contributed by atoms with Gasteiger partial charge in [-0.05, 0) is 20.3 Å².